The Morgan fingerprint density at radius 3 is 2.88 bits per heavy atom. The fraction of sp³-hybridized carbons (Fsp3) is 0.368. The number of hydrogen-bond acceptors (Lipinski definition) is 3. The molecule has 1 amide bonds. The van der Waals surface area contributed by atoms with Crippen LogP contribution in [-0.4, -0.2) is 35.3 Å². The van der Waals surface area contributed by atoms with Crippen molar-refractivity contribution in [3.05, 3.63) is 58.4 Å². The topological polar surface area (TPSA) is 59.0 Å². The molecular weight excluding hydrogens is 371 g/mol. The summed E-state index contributed by atoms with van der Waals surface area (Å²) in [6, 6.07) is 7.49. The Bertz CT molecular complexity index is 799. The molecule has 2 N–H and O–H groups in total. The molecule has 140 valence electrons. The van der Waals surface area contributed by atoms with Gasteiger partial charge in [-0.1, -0.05) is 43.2 Å². The van der Waals surface area contributed by atoms with E-state index in [1.165, 1.54) is 5.57 Å². The second kappa shape index (κ2) is 9.21. The molecule has 0 atom stereocenters. The highest BCUT2D eigenvalue weighted by Crippen LogP contribution is 2.24. The van der Waals surface area contributed by atoms with Crippen LogP contribution in [0.1, 0.15) is 42.2 Å². The van der Waals surface area contributed by atoms with Crippen molar-refractivity contribution in [2.75, 3.05) is 19.6 Å². The SMILES string of the molecule is CC(C)c1c(C(=O)NCC2=CCNCC2)cnn1-c1cccc(Cl)c1.Cl. The quantitative estimate of drug-likeness (QED) is 0.759. The maximum Gasteiger partial charge on any atom is 0.255 e. The van der Waals surface area contributed by atoms with Crippen LogP contribution < -0.4 is 10.6 Å². The molecule has 0 spiro atoms. The Kier molecular flexibility index (Phi) is 7.26. The van der Waals surface area contributed by atoms with E-state index in [1.54, 1.807) is 10.9 Å². The molecule has 1 aromatic heterocycles. The van der Waals surface area contributed by atoms with Crippen molar-refractivity contribution in [2.24, 2.45) is 0 Å². The van der Waals surface area contributed by atoms with Crippen LogP contribution in [0.15, 0.2) is 42.1 Å². The van der Waals surface area contributed by atoms with Crippen molar-refractivity contribution in [2.45, 2.75) is 26.2 Å². The summed E-state index contributed by atoms with van der Waals surface area (Å²) in [4.78, 5) is 12.7. The fourth-order valence-electron chi connectivity index (χ4n) is 3.02. The van der Waals surface area contributed by atoms with Crippen LogP contribution in [0.25, 0.3) is 5.69 Å². The Morgan fingerprint density at radius 1 is 1.42 bits per heavy atom. The van der Waals surface area contributed by atoms with E-state index < -0.39 is 0 Å². The molecule has 3 rings (SSSR count). The third-order valence-corrected chi connectivity index (χ3v) is 4.52. The van der Waals surface area contributed by atoms with Gasteiger partial charge in [0.25, 0.3) is 5.91 Å². The lowest BCUT2D eigenvalue weighted by Crippen LogP contribution is -2.30. The molecular formula is C19H24Cl2N4O. The number of carbonyl (C=O) groups excluding carboxylic acids is 1. The lowest BCUT2D eigenvalue weighted by Gasteiger charge is -2.16. The smallest absolute Gasteiger partial charge is 0.255 e. The zero-order chi connectivity index (χ0) is 17.8. The Morgan fingerprint density at radius 2 is 2.23 bits per heavy atom. The summed E-state index contributed by atoms with van der Waals surface area (Å²) in [7, 11) is 0. The summed E-state index contributed by atoms with van der Waals surface area (Å²) in [5, 5.41) is 11.4. The maximum absolute atomic E-state index is 12.7. The fourth-order valence-corrected chi connectivity index (χ4v) is 3.21. The molecule has 0 fully saturated rings. The standard InChI is InChI=1S/C19H23ClN4O.ClH/c1-13(2)18-17(19(25)22-11-14-6-8-21-9-7-14)12-23-24(18)16-5-3-4-15(20)10-16;/h3-6,10,12-13,21H,7-9,11H2,1-2H3,(H,22,25);1H. The Balaban J connectivity index is 0.00000243. The van der Waals surface area contributed by atoms with E-state index in [-0.39, 0.29) is 24.2 Å². The molecule has 1 aliphatic rings. The van der Waals surface area contributed by atoms with Crippen LogP contribution >= 0.6 is 24.0 Å². The third-order valence-electron chi connectivity index (χ3n) is 4.28. The molecule has 1 aromatic carbocycles. The summed E-state index contributed by atoms with van der Waals surface area (Å²) in [5.74, 6) is 0.0664. The normalized spacial score (nSPS) is 13.9. The number of halogens is 2. The predicted octanol–water partition coefficient (Wildman–Crippen LogP) is 3.72. The van der Waals surface area contributed by atoms with Crippen LogP contribution in [0.4, 0.5) is 0 Å². The van der Waals surface area contributed by atoms with Crippen LogP contribution in [0, 0.1) is 0 Å². The van der Waals surface area contributed by atoms with Gasteiger partial charge in [-0.25, -0.2) is 4.68 Å². The van der Waals surface area contributed by atoms with Crippen molar-refractivity contribution < 1.29 is 4.79 Å². The first kappa shape index (κ1) is 20.5. The van der Waals surface area contributed by atoms with Crippen molar-refractivity contribution in [1.29, 1.82) is 0 Å². The summed E-state index contributed by atoms with van der Waals surface area (Å²) in [6.45, 7) is 6.54. The molecule has 0 bridgehead atoms. The van der Waals surface area contributed by atoms with Crippen LogP contribution in [0.5, 0.6) is 0 Å². The van der Waals surface area contributed by atoms with E-state index in [0.717, 1.165) is 30.9 Å². The van der Waals surface area contributed by atoms with E-state index in [1.807, 2.05) is 24.3 Å². The lowest BCUT2D eigenvalue weighted by atomic mass is 10.0. The number of benzene rings is 1. The number of amides is 1. The first-order valence-electron chi connectivity index (χ1n) is 8.57. The van der Waals surface area contributed by atoms with Crippen molar-refractivity contribution >= 4 is 29.9 Å². The lowest BCUT2D eigenvalue weighted by molar-refractivity contribution is 0.0955. The molecule has 26 heavy (non-hydrogen) atoms. The first-order chi connectivity index (χ1) is 12.1. The number of aromatic nitrogens is 2. The van der Waals surface area contributed by atoms with E-state index in [4.69, 9.17) is 11.6 Å². The van der Waals surface area contributed by atoms with E-state index in [0.29, 0.717) is 17.1 Å². The van der Waals surface area contributed by atoms with Crippen molar-refractivity contribution in [3.8, 4) is 5.69 Å². The summed E-state index contributed by atoms with van der Waals surface area (Å²) in [5.41, 5.74) is 3.63. The highest BCUT2D eigenvalue weighted by Gasteiger charge is 2.21. The molecule has 0 saturated heterocycles. The van der Waals surface area contributed by atoms with Gasteiger partial charge in [0.1, 0.15) is 0 Å². The summed E-state index contributed by atoms with van der Waals surface area (Å²) in [6.07, 6.45) is 4.75. The average molecular weight is 395 g/mol. The third kappa shape index (κ3) is 4.67. The second-order valence-electron chi connectivity index (χ2n) is 6.49. The van der Waals surface area contributed by atoms with Gasteiger partial charge < -0.3 is 10.6 Å². The minimum absolute atomic E-state index is 0. The summed E-state index contributed by atoms with van der Waals surface area (Å²) >= 11 is 6.10. The second-order valence-corrected chi connectivity index (χ2v) is 6.93. The minimum Gasteiger partial charge on any atom is -0.348 e. The molecule has 0 aliphatic carbocycles. The molecule has 0 unspecified atom stereocenters. The van der Waals surface area contributed by atoms with Gasteiger partial charge in [-0.3, -0.25) is 4.79 Å². The van der Waals surface area contributed by atoms with Gasteiger partial charge in [-0.05, 0) is 37.1 Å². The number of nitrogens with zero attached hydrogens (tertiary/aromatic N) is 2. The Labute approximate surface area is 165 Å². The highest BCUT2D eigenvalue weighted by molar-refractivity contribution is 6.30. The van der Waals surface area contributed by atoms with Gasteiger partial charge in [0.05, 0.1) is 23.1 Å². The molecule has 1 aliphatic heterocycles. The van der Waals surface area contributed by atoms with Gasteiger partial charge in [0.2, 0.25) is 0 Å². The molecule has 0 saturated carbocycles. The molecule has 0 radical (unpaired) electrons. The highest BCUT2D eigenvalue weighted by atomic mass is 35.5. The van der Waals surface area contributed by atoms with Gasteiger partial charge >= 0.3 is 0 Å². The van der Waals surface area contributed by atoms with Gasteiger partial charge in [0.15, 0.2) is 0 Å². The van der Waals surface area contributed by atoms with Gasteiger partial charge in [0, 0.05) is 18.1 Å². The van der Waals surface area contributed by atoms with Crippen molar-refractivity contribution in [1.82, 2.24) is 20.4 Å². The number of carbonyl (C=O) groups is 1. The van der Waals surface area contributed by atoms with E-state index >= 15 is 0 Å². The van der Waals surface area contributed by atoms with Gasteiger partial charge in [-0.15, -0.1) is 12.4 Å². The predicted molar refractivity (Wildman–Crippen MR) is 108 cm³/mol. The van der Waals surface area contributed by atoms with Crippen LogP contribution in [0.2, 0.25) is 5.02 Å². The number of hydrogen-bond donors (Lipinski definition) is 2. The van der Waals surface area contributed by atoms with Gasteiger partial charge in [-0.2, -0.15) is 5.10 Å². The summed E-state index contributed by atoms with van der Waals surface area (Å²) < 4.78 is 1.80. The van der Waals surface area contributed by atoms with E-state index in [2.05, 4.69) is 35.7 Å². The van der Waals surface area contributed by atoms with E-state index in [9.17, 15) is 4.79 Å². The van der Waals surface area contributed by atoms with Crippen LogP contribution in [-0.2, 0) is 0 Å². The maximum atomic E-state index is 12.7. The zero-order valence-electron chi connectivity index (χ0n) is 15.0. The first-order valence-corrected chi connectivity index (χ1v) is 8.94. The average Bonchev–Trinajstić information content (AvgIpc) is 3.06. The monoisotopic (exact) mass is 394 g/mol. The number of rotatable bonds is 5. The van der Waals surface area contributed by atoms with Crippen molar-refractivity contribution in [3.63, 3.8) is 0 Å². The minimum atomic E-state index is -0.0867. The molecule has 2 aromatic rings. The molecule has 5 nitrogen and oxygen atoms in total. The molecule has 7 heteroatoms. The largest absolute Gasteiger partial charge is 0.348 e. The van der Waals surface area contributed by atoms with Crippen LogP contribution in [0.3, 0.4) is 0 Å². The Hall–Kier alpha value is -1.82. The molecule has 2 heterocycles. The zero-order valence-corrected chi connectivity index (χ0v) is 16.5. The number of nitrogens with one attached hydrogen (secondary N) is 2.